The Bertz CT molecular complexity index is 168. The number of carboxylic acids is 1. The van der Waals surface area contributed by atoms with Crippen LogP contribution in [0.1, 0.15) is 19.3 Å². The van der Waals surface area contributed by atoms with Crippen molar-refractivity contribution in [1.82, 2.24) is 0 Å². The van der Waals surface area contributed by atoms with E-state index in [0.717, 1.165) is 0 Å². The van der Waals surface area contributed by atoms with E-state index >= 15 is 0 Å². The van der Waals surface area contributed by atoms with Crippen LogP contribution in [0.4, 0.5) is 0 Å². The Kier molecular flexibility index (Phi) is 2.15. The summed E-state index contributed by atoms with van der Waals surface area (Å²) < 4.78 is 0. The van der Waals surface area contributed by atoms with E-state index in [-0.39, 0.29) is 25.4 Å². The second-order valence-corrected chi connectivity index (χ2v) is 3.13. The molecule has 0 aromatic carbocycles. The number of aliphatic hydroxyl groups is 2. The summed E-state index contributed by atoms with van der Waals surface area (Å²) in [6.45, 7) is -0.0322. The molecule has 1 saturated carbocycles. The highest BCUT2D eigenvalue weighted by Crippen LogP contribution is 2.34. The van der Waals surface area contributed by atoms with Crippen LogP contribution in [0.15, 0.2) is 0 Å². The zero-order valence-corrected chi connectivity index (χ0v) is 6.16. The molecule has 0 radical (unpaired) electrons. The molecule has 1 rings (SSSR count). The first-order chi connectivity index (χ1) is 5.08. The van der Waals surface area contributed by atoms with Gasteiger partial charge in [0.25, 0.3) is 0 Å². The Morgan fingerprint density at radius 3 is 2.55 bits per heavy atom. The molecule has 1 aliphatic carbocycles. The van der Waals surface area contributed by atoms with Gasteiger partial charge < -0.3 is 15.3 Å². The maximum Gasteiger partial charge on any atom is 0.335 e. The SMILES string of the molecule is O=C(O)C1(O)CCC(CO)C1. The topological polar surface area (TPSA) is 77.8 Å². The number of carbonyl (C=O) groups is 1. The average Bonchev–Trinajstić information content (AvgIpc) is 2.33. The van der Waals surface area contributed by atoms with Crippen molar-refractivity contribution >= 4 is 5.97 Å². The maximum atomic E-state index is 10.5. The minimum atomic E-state index is -1.58. The zero-order chi connectivity index (χ0) is 8.48. The molecule has 3 N–H and O–H groups in total. The van der Waals surface area contributed by atoms with Gasteiger partial charge in [0.05, 0.1) is 0 Å². The molecule has 4 nitrogen and oxygen atoms in total. The van der Waals surface area contributed by atoms with Crippen LogP contribution < -0.4 is 0 Å². The van der Waals surface area contributed by atoms with Crippen LogP contribution in [0.5, 0.6) is 0 Å². The minimum absolute atomic E-state index is 0.0322. The van der Waals surface area contributed by atoms with Crippen molar-refractivity contribution in [3.8, 4) is 0 Å². The average molecular weight is 160 g/mol. The lowest BCUT2D eigenvalue weighted by Crippen LogP contribution is -2.35. The number of aliphatic hydroxyl groups excluding tert-OH is 1. The van der Waals surface area contributed by atoms with Gasteiger partial charge >= 0.3 is 5.97 Å². The molecule has 1 aliphatic rings. The molecule has 0 aromatic heterocycles. The van der Waals surface area contributed by atoms with E-state index in [0.29, 0.717) is 6.42 Å². The van der Waals surface area contributed by atoms with Gasteiger partial charge in [0, 0.05) is 6.61 Å². The van der Waals surface area contributed by atoms with Gasteiger partial charge in [-0.2, -0.15) is 0 Å². The molecule has 4 heteroatoms. The Morgan fingerprint density at radius 2 is 2.27 bits per heavy atom. The first-order valence-corrected chi connectivity index (χ1v) is 3.65. The second kappa shape index (κ2) is 2.79. The van der Waals surface area contributed by atoms with Gasteiger partial charge in [-0.25, -0.2) is 4.79 Å². The van der Waals surface area contributed by atoms with E-state index in [4.69, 9.17) is 10.2 Å². The van der Waals surface area contributed by atoms with E-state index in [1.165, 1.54) is 0 Å². The summed E-state index contributed by atoms with van der Waals surface area (Å²) in [6, 6.07) is 0. The van der Waals surface area contributed by atoms with Crippen molar-refractivity contribution < 1.29 is 20.1 Å². The number of hydrogen-bond donors (Lipinski definition) is 3. The number of carboxylic acid groups (broad SMARTS) is 1. The quantitative estimate of drug-likeness (QED) is 0.513. The first kappa shape index (κ1) is 8.49. The van der Waals surface area contributed by atoms with Crippen molar-refractivity contribution in [2.24, 2.45) is 5.92 Å². The van der Waals surface area contributed by atoms with Gasteiger partial charge in [-0.1, -0.05) is 0 Å². The van der Waals surface area contributed by atoms with Crippen LogP contribution in [0.25, 0.3) is 0 Å². The summed E-state index contributed by atoms with van der Waals surface area (Å²) in [4.78, 5) is 10.5. The molecule has 0 spiro atoms. The third kappa shape index (κ3) is 1.52. The summed E-state index contributed by atoms with van der Waals surface area (Å²) in [6.07, 6.45) is 1.03. The number of aliphatic carboxylic acids is 1. The fourth-order valence-corrected chi connectivity index (χ4v) is 1.47. The molecule has 1 fully saturated rings. The van der Waals surface area contributed by atoms with Crippen LogP contribution in [0.3, 0.4) is 0 Å². The molecular formula is C7H12O4. The molecule has 0 aromatic rings. The zero-order valence-electron chi connectivity index (χ0n) is 6.16. The molecule has 64 valence electrons. The largest absolute Gasteiger partial charge is 0.479 e. The number of hydrogen-bond acceptors (Lipinski definition) is 3. The molecule has 0 aliphatic heterocycles. The van der Waals surface area contributed by atoms with Crippen molar-refractivity contribution in [3.05, 3.63) is 0 Å². The molecule has 2 atom stereocenters. The normalized spacial score (nSPS) is 37.5. The van der Waals surface area contributed by atoms with Crippen LogP contribution in [0.2, 0.25) is 0 Å². The Labute approximate surface area is 64.5 Å². The number of rotatable bonds is 2. The molecular weight excluding hydrogens is 148 g/mol. The molecule has 11 heavy (non-hydrogen) atoms. The second-order valence-electron chi connectivity index (χ2n) is 3.13. The summed E-state index contributed by atoms with van der Waals surface area (Å²) in [5.41, 5.74) is -1.58. The standard InChI is InChI=1S/C7H12O4/c8-4-5-1-2-7(11,3-5)6(9)10/h5,8,11H,1-4H2,(H,9,10). The lowest BCUT2D eigenvalue weighted by Gasteiger charge is -2.15. The molecule has 0 bridgehead atoms. The Hall–Kier alpha value is -0.610. The van der Waals surface area contributed by atoms with Crippen molar-refractivity contribution in [2.45, 2.75) is 24.9 Å². The Balaban J connectivity index is 2.57. The smallest absolute Gasteiger partial charge is 0.335 e. The van der Waals surface area contributed by atoms with Gasteiger partial charge in [-0.05, 0) is 25.2 Å². The monoisotopic (exact) mass is 160 g/mol. The molecule has 0 heterocycles. The van der Waals surface area contributed by atoms with E-state index in [2.05, 4.69) is 0 Å². The lowest BCUT2D eigenvalue weighted by atomic mass is 10.0. The molecule has 2 unspecified atom stereocenters. The van der Waals surface area contributed by atoms with Crippen molar-refractivity contribution in [3.63, 3.8) is 0 Å². The fraction of sp³-hybridized carbons (Fsp3) is 0.857. The van der Waals surface area contributed by atoms with E-state index in [9.17, 15) is 9.90 Å². The molecule has 0 saturated heterocycles. The lowest BCUT2D eigenvalue weighted by molar-refractivity contribution is -0.158. The highest BCUT2D eigenvalue weighted by Gasteiger charge is 2.43. The maximum absolute atomic E-state index is 10.5. The Morgan fingerprint density at radius 1 is 1.64 bits per heavy atom. The van der Waals surface area contributed by atoms with Gasteiger partial charge in [0.15, 0.2) is 5.60 Å². The molecule has 0 amide bonds. The van der Waals surface area contributed by atoms with Crippen LogP contribution in [0, 0.1) is 5.92 Å². The van der Waals surface area contributed by atoms with Crippen LogP contribution in [-0.2, 0) is 4.79 Å². The summed E-state index contributed by atoms with van der Waals surface area (Å²) >= 11 is 0. The van der Waals surface area contributed by atoms with Gasteiger partial charge in [-0.3, -0.25) is 0 Å². The predicted molar refractivity (Wildman–Crippen MR) is 37.0 cm³/mol. The first-order valence-electron chi connectivity index (χ1n) is 3.65. The van der Waals surface area contributed by atoms with Crippen molar-refractivity contribution in [1.29, 1.82) is 0 Å². The van der Waals surface area contributed by atoms with Crippen molar-refractivity contribution in [2.75, 3.05) is 6.61 Å². The highest BCUT2D eigenvalue weighted by molar-refractivity contribution is 5.77. The van der Waals surface area contributed by atoms with Gasteiger partial charge in [-0.15, -0.1) is 0 Å². The van der Waals surface area contributed by atoms with Gasteiger partial charge in [0.1, 0.15) is 0 Å². The van der Waals surface area contributed by atoms with E-state index in [1.807, 2.05) is 0 Å². The van der Waals surface area contributed by atoms with Crippen LogP contribution >= 0.6 is 0 Å². The summed E-state index contributed by atoms with van der Waals surface area (Å²) in [7, 11) is 0. The summed E-state index contributed by atoms with van der Waals surface area (Å²) in [5, 5.41) is 26.6. The third-order valence-electron chi connectivity index (χ3n) is 2.25. The predicted octanol–water partition coefficient (Wildman–Crippen LogP) is -0.406. The van der Waals surface area contributed by atoms with E-state index in [1.54, 1.807) is 0 Å². The van der Waals surface area contributed by atoms with E-state index < -0.39 is 11.6 Å². The van der Waals surface area contributed by atoms with Gasteiger partial charge in [0.2, 0.25) is 0 Å². The fourth-order valence-electron chi connectivity index (χ4n) is 1.47. The highest BCUT2D eigenvalue weighted by atomic mass is 16.4. The minimum Gasteiger partial charge on any atom is -0.479 e. The third-order valence-corrected chi connectivity index (χ3v) is 2.25. The van der Waals surface area contributed by atoms with Crippen LogP contribution in [-0.4, -0.2) is 33.5 Å². The summed E-state index contributed by atoms with van der Waals surface area (Å²) in [5.74, 6) is -1.22.